The van der Waals surface area contributed by atoms with Gasteiger partial charge in [-0.2, -0.15) is 0 Å². The summed E-state index contributed by atoms with van der Waals surface area (Å²) in [5, 5.41) is 12.1. The minimum atomic E-state index is -0.854. The molecule has 0 heterocycles. The first-order chi connectivity index (χ1) is 10.1. The number of carboxylic acid groups (broad SMARTS) is 1. The van der Waals surface area contributed by atoms with E-state index in [9.17, 15) is 14.7 Å². The van der Waals surface area contributed by atoms with Crippen molar-refractivity contribution in [1.82, 2.24) is 0 Å². The number of benzene rings is 1. The molecule has 4 nitrogen and oxygen atoms in total. The maximum Gasteiger partial charge on any atom is 0.307 e. The molecule has 2 atom stereocenters. The molecule has 2 N–H and O–H groups in total. The predicted molar refractivity (Wildman–Crippen MR) is 82.2 cm³/mol. The summed E-state index contributed by atoms with van der Waals surface area (Å²) in [6.45, 7) is 2.13. The summed E-state index contributed by atoms with van der Waals surface area (Å²) in [7, 11) is 0. The zero-order valence-electron chi connectivity index (χ0n) is 12.5. The molecule has 0 saturated heterocycles. The van der Waals surface area contributed by atoms with Crippen LogP contribution in [0.15, 0.2) is 24.3 Å². The molecule has 0 spiro atoms. The summed E-state index contributed by atoms with van der Waals surface area (Å²) in [5.74, 6) is -1.97. The minimum Gasteiger partial charge on any atom is -0.481 e. The SMILES string of the molecule is CCCc1ccc(NC(=O)C2CCCCC2C(=O)O)cc1. The number of aryl methyl sites for hydroxylation is 1. The Labute approximate surface area is 125 Å². The Morgan fingerprint density at radius 3 is 2.33 bits per heavy atom. The summed E-state index contributed by atoms with van der Waals surface area (Å²) in [6, 6.07) is 7.80. The van der Waals surface area contributed by atoms with E-state index < -0.39 is 17.8 Å². The van der Waals surface area contributed by atoms with Gasteiger partial charge >= 0.3 is 5.97 Å². The number of hydrogen-bond acceptors (Lipinski definition) is 2. The molecule has 1 saturated carbocycles. The molecular formula is C17H23NO3. The number of hydrogen-bond donors (Lipinski definition) is 2. The van der Waals surface area contributed by atoms with Crippen LogP contribution in [0.2, 0.25) is 0 Å². The molecule has 1 aromatic carbocycles. The molecule has 0 bridgehead atoms. The van der Waals surface area contributed by atoms with Crippen molar-refractivity contribution in [2.75, 3.05) is 5.32 Å². The lowest BCUT2D eigenvalue weighted by Crippen LogP contribution is -2.36. The summed E-state index contributed by atoms with van der Waals surface area (Å²) < 4.78 is 0. The topological polar surface area (TPSA) is 66.4 Å². The number of rotatable bonds is 5. The molecule has 1 aliphatic rings. The van der Waals surface area contributed by atoms with Crippen molar-refractivity contribution >= 4 is 17.6 Å². The second-order valence-corrected chi connectivity index (χ2v) is 5.77. The number of amides is 1. The molecule has 1 fully saturated rings. The zero-order chi connectivity index (χ0) is 15.2. The van der Waals surface area contributed by atoms with Gasteiger partial charge in [0.1, 0.15) is 0 Å². The van der Waals surface area contributed by atoms with E-state index in [1.54, 1.807) is 0 Å². The molecule has 114 valence electrons. The molecule has 0 radical (unpaired) electrons. The Kier molecular flexibility index (Phi) is 5.37. The van der Waals surface area contributed by atoms with Crippen molar-refractivity contribution in [2.24, 2.45) is 11.8 Å². The van der Waals surface area contributed by atoms with Gasteiger partial charge in [0, 0.05) is 5.69 Å². The summed E-state index contributed by atoms with van der Waals surface area (Å²) >= 11 is 0. The van der Waals surface area contributed by atoms with Crippen LogP contribution in [0.25, 0.3) is 0 Å². The Morgan fingerprint density at radius 1 is 1.14 bits per heavy atom. The maximum atomic E-state index is 12.3. The third kappa shape index (κ3) is 4.06. The number of carbonyl (C=O) groups is 2. The van der Waals surface area contributed by atoms with Gasteiger partial charge in [-0.1, -0.05) is 38.3 Å². The van der Waals surface area contributed by atoms with Gasteiger partial charge in [0.05, 0.1) is 11.8 Å². The molecule has 1 aromatic rings. The van der Waals surface area contributed by atoms with E-state index in [2.05, 4.69) is 12.2 Å². The van der Waals surface area contributed by atoms with Crippen LogP contribution in [-0.2, 0) is 16.0 Å². The van der Waals surface area contributed by atoms with Crippen molar-refractivity contribution in [2.45, 2.75) is 45.4 Å². The van der Waals surface area contributed by atoms with Gasteiger partial charge in [0.2, 0.25) is 5.91 Å². The highest BCUT2D eigenvalue weighted by atomic mass is 16.4. The standard InChI is InChI=1S/C17H23NO3/c1-2-5-12-8-10-13(11-9-12)18-16(19)14-6-3-4-7-15(14)17(20)21/h8-11,14-15H,2-7H2,1H3,(H,18,19)(H,20,21). The van der Waals surface area contributed by atoms with Crippen LogP contribution >= 0.6 is 0 Å². The van der Waals surface area contributed by atoms with Gasteiger partial charge < -0.3 is 10.4 Å². The molecular weight excluding hydrogens is 266 g/mol. The highest BCUT2D eigenvalue weighted by Crippen LogP contribution is 2.31. The largest absolute Gasteiger partial charge is 0.481 e. The number of aliphatic carboxylic acids is 1. The monoisotopic (exact) mass is 289 g/mol. The molecule has 4 heteroatoms. The molecule has 2 rings (SSSR count). The number of carbonyl (C=O) groups excluding carboxylic acids is 1. The van der Waals surface area contributed by atoms with Crippen LogP contribution in [-0.4, -0.2) is 17.0 Å². The molecule has 0 aromatic heterocycles. The highest BCUT2D eigenvalue weighted by molar-refractivity contribution is 5.95. The Bertz CT molecular complexity index is 495. The number of nitrogens with one attached hydrogen (secondary N) is 1. The summed E-state index contributed by atoms with van der Waals surface area (Å²) in [6.07, 6.45) is 5.20. The van der Waals surface area contributed by atoms with E-state index >= 15 is 0 Å². The zero-order valence-corrected chi connectivity index (χ0v) is 12.5. The van der Waals surface area contributed by atoms with Crippen LogP contribution in [0.1, 0.15) is 44.6 Å². The lowest BCUT2D eigenvalue weighted by atomic mass is 9.78. The van der Waals surface area contributed by atoms with E-state index in [4.69, 9.17) is 0 Å². The third-order valence-electron chi connectivity index (χ3n) is 4.18. The Hall–Kier alpha value is -1.84. The highest BCUT2D eigenvalue weighted by Gasteiger charge is 2.35. The normalized spacial score (nSPS) is 21.8. The number of carboxylic acids is 1. The van der Waals surface area contributed by atoms with E-state index in [0.29, 0.717) is 12.8 Å². The first-order valence-electron chi connectivity index (χ1n) is 7.74. The fourth-order valence-electron chi connectivity index (χ4n) is 3.02. The third-order valence-corrected chi connectivity index (χ3v) is 4.18. The van der Waals surface area contributed by atoms with E-state index in [1.807, 2.05) is 24.3 Å². The quantitative estimate of drug-likeness (QED) is 0.872. The average molecular weight is 289 g/mol. The summed E-state index contributed by atoms with van der Waals surface area (Å²) in [4.78, 5) is 23.6. The first-order valence-corrected chi connectivity index (χ1v) is 7.74. The smallest absolute Gasteiger partial charge is 0.307 e. The molecule has 1 aliphatic carbocycles. The number of anilines is 1. The van der Waals surface area contributed by atoms with Gasteiger partial charge in [-0.05, 0) is 37.0 Å². The van der Waals surface area contributed by atoms with E-state index in [0.717, 1.165) is 31.4 Å². The fourth-order valence-corrected chi connectivity index (χ4v) is 3.02. The van der Waals surface area contributed by atoms with Gasteiger partial charge in [0.25, 0.3) is 0 Å². The van der Waals surface area contributed by atoms with E-state index in [1.165, 1.54) is 5.56 Å². The van der Waals surface area contributed by atoms with Crippen molar-refractivity contribution in [3.05, 3.63) is 29.8 Å². The van der Waals surface area contributed by atoms with Crippen LogP contribution < -0.4 is 5.32 Å². The molecule has 21 heavy (non-hydrogen) atoms. The lowest BCUT2D eigenvalue weighted by molar-refractivity contribution is -0.147. The molecule has 2 unspecified atom stereocenters. The van der Waals surface area contributed by atoms with Crippen LogP contribution in [0.3, 0.4) is 0 Å². The molecule has 1 amide bonds. The van der Waals surface area contributed by atoms with Gasteiger partial charge in [0.15, 0.2) is 0 Å². The van der Waals surface area contributed by atoms with E-state index in [-0.39, 0.29) is 5.91 Å². The average Bonchev–Trinajstić information content (AvgIpc) is 2.49. The lowest BCUT2D eigenvalue weighted by Gasteiger charge is -2.27. The van der Waals surface area contributed by atoms with Crippen LogP contribution in [0.5, 0.6) is 0 Å². The van der Waals surface area contributed by atoms with Crippen LogP contribution in [0, 0.1) is 11.8 Å². The molecule has 0 aliphatic heterocycles. The fraction of sp³-hybridized carbons (Fsp3) is 0.529. The van der Waals surface area contributed by atoms with Crippen molar-refractivity contribution < 1.29 is 14.7 Å². The maximum absolute atomic E-state index is 12.3. The van der Waals surface area contributed by atoms with Crippen molar-refractivity contribution in [3.8, 4) is 0 Å². The predicted octanol–water partition coefficient (Wildman–Crippen LogP) is 3.47. The van der Waals surface area contributed by atoms with Crippen molar-refractivity contribution in [3.63, 3.8) is 0 Å². The summed E-state index contributed by atoms with van der Waals surface area (Å²) in [5.41, 5.74) is 1.99. The van der Waals surface area contributed by atoms with Gasteiger partial charge in [-0.25, -0.2) is 0 Å². The Balaban J connectivity index is 2.00. The second kappa shape index (κ2) is 7.25. The van der Waals surface area contributed by atoms with Gasteiger partial charge in [-0.3, -0.25) is 9.59 Å². The Morgan fingerprint density at radius 2 is 1.76 bits per heavy atom. The second-order valence-electron chi connectivity index (χ2n) is 5.77. The van der Waals surface area contributed by atoms with Crippen molar-refractivity contribution in [1.29, 1.82) is 0 Å². The van der Waals surface area contributed by atoms with Gasteiger partial charge in [-0.15, -0.1) is 0 Å². The first kappa shape index (κ1) is 15.5. The van der Waals surface area contributed by atoms with Crippen LogP contribution in [0.4, 0.5) is 5.69 Å². The minimum absolute atomic E-state index is 0.162.